The molecule has 162 valence electrons. The van der Waals surface area contributed by atoms with Crippen LogP contribution in [0.15, 0.2) is 30.3 Å². The monoisotopic (exact) mass is 468 g/mol. The predicted molar refractivity (Wildman–Crippen MR) is 124 cm³/mol. The normalized spacial score (nSPS) is 14.1. The number of thioether (sulfide) groups is 2. The van der Waals surface area contributed by atoms with Crippen molar-refractivity contribution in [2.45, 2.75) is 18.4 Å². The first-order valence-electron chi connectivity index (χ1n) is 9.56. The molecule has 0 N–H and O–H groups in total. The molecule has 0 bridgehead atoms. The van der Waals surface area contributed by atoms with Gasteiger partial charge in [-0.3, -0.25) is 0 Å². The molecule has 0 amide bonds. The third-order valence-electron chi connectivity index (χ3n) is 4.31. The Balaban J connectivity index is 1.80. The first-order chi connectivity index (χ1) is 14.4. The average Bonchev–Trinajstić information content (AvgIpc) is 3.27. The molecule has 0 radical (unpaired) electrons. The molecule has 0 aromatic heterocycles. The minimum Gasteiger partial charge on any atom is -0.493 e. The Labute approximate surface area is 190 Å². The van der Waals surface area contributed by atoms with E-state index in [1.807, 2.05) is 49.5 Å². The molecule has 8 heteroatoms. The lowest BCUT2D eigenvalue weighted by Crippen LogP contribution is -2.11. The number of carbonyl (C=O) groups excluding carboxylic acids is 1. The van der Waals surface area contributed by atoms with Crippen molar-refractivity contribution in [1.29, 1.82) is 0 Å². The van der Waals surface area contributed by atoms with Gasteiger partial charge >= 0.3 is 5.97 Å². The van der Waals surface area contributed by atoms with Crippen LogP contribution < -0.4 is 18.9 Å². The molecule has 0 saturated carbocycles. The van der Waals surface area contributed by atoms with Crippen LogP contribution in [0.3, 0.4) is 0 Å². The van der Waals surface area contributed by atoms with Crippen molar-refractivity contribution in [3.05, 3.63) is 46.5 Å². The van der Waals surface area contributed by atoms with Crippen molar-refractivity contribution in [2.75, 3.05) is 32.3 Å². The van der Waals surface area contributed by atoms with Crippen molar-refractivity contribution in [1.82, 2.24) is 0 Å². The molecule has 1 saturated heterocycles. The van der Waals surface area contributed by atoms with Crippen LogP contribution in [-0.2, 0) is 0 Å². The van der Waals surface area contributed by atoms with Gasteiger partial charge in [0, 0.05) is 11.5 Å². The summed E-state index contributed by atoms with van der Waals surface area (Å²) in [4.78, 5) is 12.8. The number of methoxy groups -OCH3 is 2. The molecule has 2 aromatic rings. The molecule has 1 heterocycles. The maximum atomic E-state index is 12.8. The second-order valence-electron chi connectivity index (χ2n) is 7.07. The van der Waals surface area contributed by atoms with E-state index in [-0.39, 0.29) is 5.56 Å². The van der Waals surface area contributed by atoms with E-state index >= 15 is 0 Å². The van der Waals surface area contributed by atoms with E-state index in [2.05, 4.69) is 0 Å². The Morgan fingerprint density at radius 3 is 2.40 bits per heavy atom. The van der Waals surface area contributed by atoms with E-state index in [1.165, 1.54) is 13.2 Å². The molecule has 1 aliphatic heterocycles. The summed E-state index contributed by atoms with van der Waals surface area (Å²) in [7, 11) is 3.07. The van der Waals surface area contributed by atoms with Gasteiger partial charge in [0.25, 0.3) is 0 Å². The Hall–Kier alpha value is -1.70. The molecule has 0 aliphatic carbocycles. The SMILES string of the molecule is COc1cc(C2SCCS2)ccc1OC(=O)c1cc(Cl)c(OCC(C)C)c(OC)c1. The van der Waals surface area contributed by atoms with Crippen molar-refractivity contribution in [3.63, 3.8) is 0 Å². The van der Waals surface area contributed by atoms with Gasteiger partial charge in [0.2, 0.25) is 0 Å². The van der Waals surface area contributed by atoms with Gasteiger partial charge < -0.3 is 18.9 Å². The maximum Gasteiger partial charge on any atom is 0.343 e. The van der Waals surface area contributed by atoms with Gasteiger partial charge in [0.15, 0.2) is 23.0 Å². The van der Waals surface area contributed by atoms with Gasteiger partial charge in [-0.1, -0.05) is 31.5 Å². The zero-order valence-electron chi connectivity index (χ0n) is 17.4. The summed E-state index contributed by atoms with van der Waals surface area (Å²) in [6.45, 7) is 4.56. The molecule has 0 spiro atoms. The molecule has 0 atom stereocenters. The van der Waals surface area contributed by atoms with E-state index < -0.39 is 5.97 Å². The van der Waals surface area contributed by atoms with E-state index in [0.29, 0.717) is 45.1 Å². The zero-order chi connectivity index (χ0) is 21.7. The van der Waals surface area contributed by atoms with E-state index in [0.717, 1.165) is 17.1 Å². The predicted octanol–water partition coefficient (Wildman–Crippen LogP) is 6.09. The van der Waals surface area contributed by atoms with Gasteiger partial charge in [0.05, 0.1) is 36.0 Å². The van der Waals surface area contributed by atoms with Crippen LogP contribution in [0.5, 0.6) is 23.0 Å². The van der Waals surface area contributed by atoms with Crippen LogP contribution >= 0.6 is 35.1 Å². The highest BCUT2D eigenvalue weighted by Crippen LogP contribution is 2.47. The summed E-state index contributed by atoms with van der Waals surface area (Å²) in [6.07, 6.45) is 0. The van der Waals surface area contributed by atoms with E-state index in [9.17, 15) is 4.79 Å². The number of ether oxygens (including phenoxy) is 4. The van der Waals surface area contributed by atoms with Gasteiger partial charge in [-0.05, 0) is 35.7 Å². The van der Waals surface area contributed by atoms with Gasteiger partial charge in [0.1, 0.15) is 0 Å². The lowest BCUT2D eigenvalue weighted by molar-refractivity contribution is 0.0729. The highest BCUT2D eigenvalue weighted by atomic mass is 35.5. The fraction of sp³-hybridized carbons (Fsp3) is 0.409. The third-order valence-corrected chi connectivity index (χ3v) is 7.70. The summed E-state index contributed by atoms with van der Waals surface area (Å²) in [5.41, 5.74) is 1.41. The number of carbonyl (C=O) groups is 1. The number of hydrogen-bond donors (Lipinski definition) is 0. The number of hydrogen-bond acceptors (Lipinski definition) is 7. The van der Waals surface area contributed by atoms with Gasteiger partial charge in [-0.25, -0.2) is 4.79 Å². The lowest BCUT2D eigenvalue weighted by Gasteiger charge is -2.16. The average molecular weight is 469 g/mol. The molecule has 1 aliphatic rings. The van der Waals surface area contributed by atoms with E-state index in [1.54, 1.807) is 19.2 Å². The number of benzene rings is 2. The molecule has 30 heavy (non-hydrogen) atoms. The highest BCUT2D eigenvalue weighted by Gasteiger charge is 2.22. The van der Waals surface area contributed by atoms with Crippen LogP contribution in [0.4, 0.5) is 0 Å². The van der Waals surface area contributed by atoms with Crippen LogP contribution in [0.25, 0.3) is 0 Å². The number of esters is 1. The molecule has 1 fully saturated rings. The maximum absolute atomic E-state index is 12.8. The van der Waals surface area contributed by atoms with Crippen molar-refractivity contribution < 1.29 is 23.7 Å². The molecule has 5 nitrogen and oxygen atoms in total. The first kappa shape index (κ1) is 23.0. The summed E-state index contributed by atoms with van der Waals surface area (Å²) in [5, 5.41) is 0.291. The topological polar surface area (TPSA) is 54.0 Å². The Morgan fingerprint density at radius 2 is 1.77 bits per heavy atom. The van der Waals surface area contributed by atoms with Gasteiger partial charge in [-0.2, -0.15) is 0 Å². The number of halogens is 1. The standard InChI is InChI=1S/C22H25ClO5S2/c1-13(2)12-27-20-16(23)9-15(11-19(20)26-4)21(24)28-17-6-5-14(10-18(17)25-3)22-29-7-8-30-22/h5-6,9-11,13,22H,7-8,12H2,1-4H3. The van der Waals surface area contributed by atoms with Crippen molar-refractivity contribution in [3.8, 4) is 23.0 Å². The second-order valence-corrected chi connectivity index (χ2v) is 10.2. The van der Waals surface area contributed by atoms with Crippen LogP contribution in [0, 0.1) is 5.92 Å². The second kappa shape index (κ2) is 10.6. The molecule has 0 unspecified atom stereocenters. The molecular weight excluding hydrogens is 444 g/mol. The fourth-order valence-electron chi connectivity index (χ4n) is 2.85. The van der Waals surface area contributed by atoms with Crippen molar-refractivity contribution >= 4 is 41.1 Å². The third kappa shape index (κ3) is 5.50. The summed E-state index contributed by atoms with van der Waals surface area (Å²) < 4.78 is 22.5. The molecular formula is C22H25ClO5S2. The minimum absolute atomic E-state index is 0.266. The smallest absolute Gasteiger partial charge is 0.343 e. The summed E-state index contributed by atoms with van der Waals surface area (Å²) in [5.74, 6) is 3.71. The number of rotatable bonds is 8. The molecule has 3 rings (SSSR count). The molecule has 2 aromatic carbocycles. The van der Waals surface area contributed by atoms with E-state index in [4.69, 9.17) is 30.5 Å². The summed E-state index contributed by atoms with van der Waals surface area (Å²) >= 11 is 10.2. The van der Waals surface area contributed by atoms with Gasteiger partial charge in [-0.15, -0.1) is 23.5 Å². The quantitative estimate of drug-likeness (QED) is 0.343. The Morgan fingerprint density at radius 1 is 1.07 bits per heavy atom. The van der Waals surface area contributed by atoms with Crippen LogP contribution in [0.2, 0.25) is 5.02 Å². The van der Waals surface area contributed by atoms with Crippen molar-refractivity contribution in [2.24, 2.45) is 5.92 Å². The Bertz CT molecular complexity index is 897. The summed E-state index contributed by atoms with van der Waals surface area (Å²) in [6, 6.07) is 8.75. The van der Waals surface area contributed by atoms with Crippen LogP contribution in [0.1, 0.15) is 34.4 Å². The van der Waals surface area contributed by atoms with Crippen LogP contribution in [-0.4, -0.2) is 38.3 Å². The minimum atomic E-state index is -0.554. The highest BCUT2D eigenvalue weighted by molar-refractivity contribution is 8.19. The lowest BCUT2D eigenvalue weighted by atomic mass is 10.2. The zero-order valence-corrected chi connectivity index (χ0v) is 19.8. The Kier molecular flexibility index (Phi) is 8.08. The largest absolute Gasteiger partial charge is 0.493 e. The fourth-order valence-corrected chi connectivity index (χ4v) is 5.96. The first-order valence-corrected chi connectivity index (χ1v) is 12.0.